The number of rotatable bonds is 9. The van der Waals surface area contributed by atoms with Crippen molar-refractivity contribution in [3.63, 3.8) is 0 Å². The van der Waals surface area contributed by atoms with Crippen LogP contribution in [-0.4, -0.2) is 44.0 Å². The Morgan fingerprint density at radius 3 is 2.43 bits per heavy atom. The number of hydrogen-bond acceptors (Lipinski definition) is 5. The average Bonchev–Trinajstić information content (AvgIpc) is 2.72. The third-order valence-electron chi connectivity index (χ3n) is 4.26. The van der Waals surface area contributed by atoms with Gasteiger partial charge in [0.2, 0.25) is 10.0 Å². The lowest BCUT2D eigenvalue weighted by Gasteiger charge is -2.18. The second-order valence-corrected chi connectivity index (χ2v) is 8.07. The summed E-state index contributed by atoms with van der Waals surface area (Å²) in [7, 11) is -3.72. The average molecular weight is 439 g/mol. The van der Waals surface area contributed by atoms with Crippen LogP contribution in [0.1, 0.15) is 36.7 Å². The maximum atomic E-state index is 12.6. The second kappa shape index (κ2) is 10.3. The molecule has 2 aromatic carbocycles. The van der Waals surface area contributed by atoms with Gasteiger partial charge in [-0.1, -0.05) is 32.0 Å². The highest BCUT2D eigenvalue weighted by Crippen LogP contribution is 2.21. The molecule has 0 saturated heterocycles. The molecule has 2 aromatic rings. The molecule has 0 heterocycles. The lowest BCUT2D eigenvalue weighted by atomic mass is 10.1. The number of ether oxygens (including phenoxy) is 1. The highest BCUT2D eigenvalue weighted by molar-refractivity contribution is 7.89. The Balaban J connectivity index is 2.23. The van der Waals surface area contributed by atoms with Gasteiger partial charge in [0.15, 0.2) is 0 Å². The Morgan fingerprint density at radius 1 is 1.13 bits per heavy atom. The first-order valence-electron chi connectivity index (χ1n) is 9.19. The van der Waals surface area contributed by atoms with Crippen molar-refractivity contribution in [2.45, 2.75) is 32.3 Å². The van der Waals surface area contributed by atoms with E-state index in [4.69, 9.17) is 0 Å². The third-order valence-corrected chi connectivity index (χ3v) is 6.30. The molecule has 1 amide bonds. The van der Waals surface area contributed by atoms with Crippen LogP contribution in [0.25, 0.3) is 0 Å². The summed E-state index contributed by atoms with van der Waals surface area (Å²) in [5.74, 6) is -0.714. The van der Waals surface area contributed by atoms with Crippen LogP contribution in [0, 0.1) is 0 Å². The van der Waals surface area contributed by atoms with Crippen molar-refractivity contribution in [1.29, 1.82) is 0 Å². The predicted octanol–water partition coefficient (Wildman–Crippen LogP) is 3.47. The fourth-order valence-corrected chi connectivity index (χ4v) is 4.24. The van der Waals surface area contributed by atoms with E-state index in [9.17, 15) is 22.0 Å². The smallest absolute Gasteiger partial charge is 0.387 e. The number of hydrogen-bond donors (Lipinski definition) is 1. The standard InChI is InChI=1S/C20H23F2N3O4S/c1-4-25(5-2)30(27,28)16-10-8-9-15(13-16)19(26)24-23-14(3)17-11-6-7-12-18(17)29-20(21)22/h6-13,20H,4-5H2,1-3H3,(H,24,26)/b23-14+. The first kappa shape index (κ1) is 23.4. The van der Waals surface area contributed by atoms with Crippen molar-refractivity contribution in [2.24, 2.45) is 5.10 Å². The predicted molar refractivity (Wildman–Crippen MR) is 109 cm³/mol. The summed E-state index contributed by atoms with van der Waals surface area (Å²) in [6.07, 6.45) is 0. The number of hydrazone groups is 1. The molecule has 0 aliphatic rings. The molecule has 0 unspecified atom stereocenters. The van der Waals surface area contributed by atoms with E-state index in [-0.39, 0.29) is 27.5 Å². The summed E-state index contributed by atoms with van der Waals surface area (Å²) in [5, 5.41) is 3.93. The Labute approximate surface area is 174 Å². The van der Waals surface area contributed by atoms with Crippen LogP contribution in [0.5, 0.6) is 5.75 Å². The van der Waals surface area contributed by atoms with Gasteiger partial charge in [-0.3, -0.25) is 4.79 Å². The SMILES string of the molecule is CCN(CC)S(=O)(=O)c1cccc(C(=O)N/N=C(\C)c2ccccc2OC(F)F)c1. The molecule has 0 fully saturated rings. The fraction of sp³-hybridized carbons (Fsp3) is 0.300. The number of alkyl halides is 2. The fourth-order valence-electron chi connectivity index (χ4n) is 2.73. The van der Waals surface area contributed by atoms with E-state index in [1.807, 2.05) is 0 Å². The number of para-hydroxylation sites is 1. The molecule has 0 bridgehead atoms. The van der Waals surface area contributed by atoms with Crippen molar-refractivity contribution in [3.05, 3.63) is 59.7 Å². The van der Waals surface area contributed by atoms with Gasteiger partial charge in [-0.05, 0) is 37.3 Å². The summed E-state index contributed by atoms with van der Waals surface area (Å²) < 4.78 is 56.1. The Kier molecular flexibility index (Phi) is 8.01. The molecule has 0 aromatic heterocycles. The maximum Gasteiger partial charge on any atom is 0.387 e. The summed E-state index contributed by atoms with van der Waals surface area (Å²) in [5.41, 5.74) is 2.94. The molecule has 0 aliphatic heterocycles. The number of nitrogens with one attached hydrogen (secondary N) is 1. The molecule has 162 valence electrons. The molecule has 1 N–H and O–H groups in total. The summed E-state index contributed by atoms with van der Waals surface area (Å²) >= 11 is 0. The molecule has 10 heteroatoms. The van der Waals surface area contributed by atoms with Crippen LogP contribution in [0.4, 0.5) is 8.78 Å². The van der Waals surface area contributed by atoms with Gasteiger partial charge in [0.05, 0.1) is 10.6 Å². The number of carbonyl (C=O) groups is 1. The normalized spacial score (nSPS) is 12.3. The summed E-state index contributed by atoms with van der Waals surface area (Å²) in [6.45, 7) is 2.59. The van der Waals surface area contributed by atoms with Crippen molar-refractivity contribution in [1.82, 2.24) is 9.73 Å². The van der Waals surface area contributed by atoms with Gasteiger partial charge < -0.3 is 4.74 Å². The molecule has 30 heavy (non-hydrogen) atoms. The van der Waals surface area contributed by atoms with Crippen molar-refractivity contribution in [2.75, 3.05) is 13.1 Å². The minimum atomic E-state index is -3.72. The lowest BCUT2D eigenvalue weighted by molar-refractivity contribution is -0.0499. The van der Waals surface area contributed by atoms with Crippen LogP contribution in [0.3, 0.4) is 0 Å². The quantitative estimate of drug-likeness (QED) is 0.479. The molecular weight excluding hydrogens is 416 g/mol. The van der Waals surface area contributed by atoms with E-state index in [0.717, 1.165) is 0 Å². The zero-order valence-corrected chi connectivity index (χ0v) is 17.6. The van der Waals surface area contributed by atoms with E-state index in [1.54, 1.807) is 19.9 Å². The van der Waals surface area contributed by atoms with Gasteiger partial charge in [0.1, 0.15) is 5.75 Å². The number of carbonyl (C=O) groups excluding carboxylic acids is 1. The first-order valence-corrected chi connectivity index (χ1v) is 10.6. The number of sulfonamides is 1. The van der Waals surface area contributed by atoms with Crippen LogP contribution < -0.4 is 10.2 Å². The van der Waals surface area contributed by atoms with Gasteiger partial charge in [-0.25, -0.2) is 13.8 Å². The lowest BCUT2D eigenvalue weighted by Crippen LogP contribution is -2.30. The largest absolute Gasteiger partial charge is 0.434 e. The molecule has 0 saturated carbocycles. The van der Waals surface area contributed by atoms with Gasteiger partial charge in [0.25, 0.3) is 5.91 Å². The number of amides is 1. The zero-order valence-electron chi connectivity index (χ0n) is 16.8. The zero-order chi connectivity index (χ0) is 22.3. The Morgan fingerprint density at radius 2 is 1.80 bits per heavy atom. The molecular formula is C20H23F2N3O4S. The molecule has 0 radical (unpaired) electrons. The van der Waals surface area contributed by atoms with E-state index >= 15 is 0 Å². The molecule has 0 atom stereocenters. The van der Waals surface area contributed by atoms with Gasteiger partial charge in [-0.15, -0.1) is 0 Å². The van der Waals surface area contributed by atoms with Crippen LogP contribution in [0.15, 0.2) is 58.5 Å². The number of benzene rings is 2. The van der Waals surface area contributed by atoms with Crippen LogP contribution in [-0.2, 0) is 10.0 Å². The van der Waals surface area contributed by atoms with E-state index < -0.39 is 22.5 Å². The molecule has 2 rings (SSSR count). The molecule has 0 spiro atoms. The van der Waals surface area contributed by atoms with Crippen molar-refractivity contribution < 1.29 is 26.7 Å². The topological polar surface area (TPSA) is 88.1 Å². The minimum absolute atomic E-state index is 0.00442. The highest BCUT2D eigenvalue weighted by Gasteiger charge is 2.22. The summed E-state index contributed by atoms with van der Waals surface area (Å²) in [6, 6.07) is 11.6. The second-order valence-electron chi connectivity index (χ2n) is 6.13. The minimum Gasteiger partial charge on any atom is -0.434 e. The maximum absolute atomic E-state index is 12.6. The summed E-state index contributed by atoms with van der Waals surface area (Å²) in [4.78, 5) is 12.4. The molecule has 0 aliphatic carbocycles. The Hall–Kier alpha value is -2.85. The monoisotopic (exact) mass is 439 g/mol. The van der Waals surface area contributed by atoms with E-state index in [2.05, 4.69) is 15.3 Å². The Bertz CT molecular complexity index is 1020. The van der Waals surface area contributed by atoms with E-state index in [0.29, 0.717) is 13.1 Å². The number of nitrogens with zero attached hydrogens (tertiary/aromatic N) is 2. The highest BCUT2D eigenvalue weighted by atomic mass is 32.2. The molecule has 7 nitrogen and oxygen atoms in total. The third kappa shape index (κ3) is 5.61. The van der Waals surface area contributed by atoms with Gasteiger partial charge >= 0.3 is 6.61 Å². The first-order chi connectivity index (χ1) is 14.2. The van der Waals surface area contributed by atoms with Crippen molar-refractivity contribution in [3.8, 4) is 5.75 Å². The van der Waals surface area contributed by atoms with Crippen molar-refractivity contribution >= 4 is 21.6 Å². The van der Waals surface area contributed by atoms with Gasteiger partial charge in [-0.2, -0.15) is 18.2 Å². The van der Waals surface area contributed by atoms with E-state index in [1.165, 1.54) is 53.7 Å². The van der Waals surface area contributed by atoms with Crippen LogP contribution in [0.2, 0.25) is 0 Å². The van der Waals surface area contributed by atoms with Gasteiger partial charge in [0, 0.05) is 24.2 Å². The van der Waals surface area contributed by atoms with Crippen LogP contribution >= 0.6 is 0 Å². The number of halogens is 2.